The van der Waals surface area contributed by atoms with Gasteiger partial charge in [-0.15, -0.1) is 0 Å². The number of nitrogens with two attached hydrogens (primary N) is 1. The van der Waals surface area contributed by atoms with Crippen LogP contribution in [-0.2, 0) is 0 Å². The van der Waals surface area contributed by atoms with E-state index in [1.165, 1.54) is 0 Å². The second kappa shape index (κ2) is 8.63. The van der Waals surface area contributed by atoms with Gasteiger partial charge in [-0.3, -0.25) is 10.1 Å². The Morgan fingerprint density at radius 1 is 1.30 bits per heavy atom. The van der Waals surface area contributed by atoms with Crippen LogP contribution in [0.25, 0.3) is 10.8 Å². The van der Waals surface area contributed by atoms with Gasteiger partial charge < -0.3 is 10.6 Å². The van der Waals surface area contributed by atoms with Crippen LogP contribution in [0.1, 0.15) is 49.9 Å². The van der Waals surface area contributed by atoms with E-state index in [9.17, 15) is 4.79 Å². The van der Waals surface area contributed by atoms with Gasteiger partial charge >= 0.3 is 0 Å². The zero-order chi connectivity index (χ0) is 19.4. The molecule has 1 aliphatic heterocycles. The Labute approximate surface area is 167 Å². The molecule has 1 fully saturated rings. The van der Waals surface area contributed by atoms with E-state index < -0.39 is 5.66 Å². The van der Waals surface area contributed by atoms with Crippen molar-refractivity contribution in [2.45, 2.75) is 56.5 Å². The Morgan fingerprint density at radius 3 is 2.78 bits per heavy atom. The highest BCUT2D eigenvalue weighted by Gasteiger charge is 2.46. The molecule has 146 valence electrons. The van der Waals surface area contributed by atoms with Gasteiger partial charge in [0.25, 0.3) is 5.91 Å². The minimum Gasteiger partial charge on any atom is -0.330 e. The summed E-state index contributed by atoms with van der Waals surface area (Å²) in [7, 11) is 0. The van der Waals surface area contributed by atoms with Crippen molar-refractivity contribution >= 4 is 29.3 Å². The average Bonchev–Trinajstić information content (AvgIpc) is 2.70. The molecule has 1 saturated heterocycles. The summed E-state index contributed by atoms with van der Waals surface area (Å²) in [5.74, 6) is 0.0529. The molecule has 1 heterocycles. The minimum atomic E-state index is -0.600. The van der Waals surface area contributed by atoms with Crippen molar-refractivity contribution in [3.8, 4) is 0 Å². The van der Waals surface area contributed by atoms with E-state index in [0.717, 1.165) is 42.0 Å². The average molecular weight is 386 g/mol. The lowest BCUT2D eigenvalue weighted by Crippen LogP contribution is -2.74. The van der Waals surface area contributed by atoms with Gasteiger partial charge in [0.2, 0.25) is 0 Å². The molecule has 0 aromatic heterocycles. The fourth-order valence-electron chi connectivity index (χ4n) is 4.21. The van der Waals surface area contributed by atoms with Gasteiger partial charge in [0.15, 0.2) is 0 Å². The molecule has 2 aromatic rings. The first-order valence-corrected chi connectivity index (χ1v) is 10.5. The SMILES string of the molecule is CCCCC1(N)NCCN(C(=O)c2cccc3ccccc23)C1C(S)CC. The van der Waals surface area contributed by atoms with E-state index in [0.29, 0.717) is 13.1 Å². The molecule has 3 N–H and O–H groups in total. The summed E-state index contributed by atoms with van der Waals surface area (Å²) >= 11 is 4.83. The second-order valence-corrected chi connectivity index (χ2v) is 8.18. The number of carbonyl (C=O) groups excluding carboxylic acids is 1. The van der Waals surface area contributed by atoms with E-state index in [1.807, 2.05) is 47.4 Å². The van der Waals surface area contributed by atoms with Crippen LogP contribution in [0.15, 0.2) is 42.5 Å². The minimum absolute atomic E-state index is 0.0265. The zero-order valence-corrected chi connectivity index (χ0v) is 17.2. The molecular formula is C22H31N3OS. The van der Waals surface area contributed by atoms with Crippen molar-refractivity contribution in [1.29, 1.82) is 0 Å². The second-order valence-electron chi connectivity index (χ2n) is 7.52. The summed E-state index contributed by atoms with van der Waals surface area (Å²) in [6.45, 7) is 5.62. The van der Waals surface area contributed by atoms with Gasteiger partial charge in [0, 0.05) is 23.9 Å². The van der Waals surface area contributed by atoms with Crippen molar-refractivity contribution in [3.05, 3.63) is 48.0 Å². The normalized spacial score (nSPS) is 24.1. The molecule has 5 heteroatoms. The Bertz CT molecular complexity index is 791. The van der Waals surface area contributed by atoms with Crippen LogP contribution < -0.4 is 11.1 Å². The van der Waals surface area contributed by atoms with E-state index in [1.54, 1.807) is 0 Å². The first kappa shape index (κ1) is 20.2. The van der Waals surface area contributed by atoms with Gasteiger partial charge in [-0.1, -0.05) is 63.1 Å². The number of thiol groups is 1. The highest BCUT2D eigenvalue weighted by atomic mass is 32.1. The molecule has 0 saturated carbocycles. The highest BCUT2D eigenvalue weighted by molar-refractivity contribution is 7.81. The van der Waals surface area contributed by atoms with Crippen LogP contribution in [0.2, 0.25) is 0 Å². The van der Waals surface area contributed by atoms with Crippen molar-refractivity contribution in [3.63, 3.8) is 0 Å². The van der Waals surface area contributed by atoms with Crippen LogP contribution in [0, 0.1) is 0 Å². The standard InChI is InChI=1S/C22H31N3OS/c1-3-5-13-22(23)20(19(27)4-2)25(15-14-24-22)21(26)18-12-8-10-16-9-6-7-11-17(16)18/h6-12,19-20,24,27H,3-5,13-15,23H2,1-2H3. The number of nitrogens with one attached hydrogen (secondary N) is 1. The molecule has 4 nitrogen and oxygen atoms in total. The molecule has 27 heavy (non-hydrogen) atoms. The summed E-state index contributed by atoms with van der Waals surface area (Å²) in [6, 6.07) is 13.8. The van der Waals surface area contributed by atoms with Crippen molar-refractivity contribution in [1.82, 2.24) is 10.2 Å². The number of fused-ring (bicyclic) bond motifs is 1. The van der Waals surface area contributed by atoms with Crippen LogP contribution in [-0.4, -0.2) is 40.9 Å². The van der Waals surface area contributed by atoms with E-state index in [2.05, 4.69) is 19.2 Å². The molecule has 3 atom stereocenters. The largest absolute Gasteiger partial charge is 0.330 e. The van der Waals surface area contributed by atoms with E-state index in [-0.39, 0.29) is 17.2 Å². The number of hydrogen-bond acceptors (Lipinski definition) is 4. The first-order valence-electron chi connectivity index (χ1n) is 10.0. The number of carbonyl (C=O) groups is 1. The number of nitrogens with zero attached hydrogens (tertiary/aromatic N) is 1. The Kier molecular flexibility index (Phi) is 6.45. The summed E-state index contributed by atoms with van der Waals surface area (Å²) < 4.78 is 0. The number of amides is 1. The molecule has 1 aliphatic rings. The molecule has 3 unspecified atom stereocenters. The van der Waals surface area contributed by atoms with Gasteiger partial charge in [0.1, 0.15) is 0 Å². The topological polar surface area (TPSA) is 58.4 Å². The van der Waals surface area contributed by atoms with Crippen LogP contribution in [0.5, 0.6) is 0 Å². The Morgan fingerprint density at radius 2 is 2.04 bits per heavy atom. The third kappa shape index (κ3) is 4.00. The predicted molar refractivity (Wildman–Crippen MR) is 116 cm³/mol. The molecule has 3 rings (SSSR count). The van der Waals surface area contributed by atoms with Crippen molar-refractivity contribution in [2.24, 2.45) is 5.73 Å². The Hall–Kier alpha value is -1.56. The number of rotatable bonds is 6. The van der Waals surface area contributed by atoms with E-state index in [4.69, 9.17) is 18.4 Å². The summed E-state index contributed by atoms with van der Waals surface area (Å²) in [5, 5.41) is 5.60. The molecule has 0 radical (unpaired) electrons. The number of hydrogen-bond donors (Lipinski definition) is 3. The smallest absolute Gasteiger partial charge is 0.254 e. The zero-order valence-electron chi connectivity index (χ0n) is 16.3. The Balaban J connectivity index is 2.00. The summed E-state index contributed by atoms with van der Waals surface area (Å²) in [4.78, 5) is 15.6. The summed E-state index contributed by atoms with van der Waals surface area (Å²) in [5.41, 5.74) is 6.98. The maximum Gasteiger partial charge on any atom is 0.254 e. The van der Waals surface area contributed by atoms with Gasteiger partial charge in [-0.05, 0) is 29.7 Å². The van der Waals surface area contributed by atoms with Crippen LogP contribution in [0.4, 0.5) is 0 Å². The third-order valence-electron chi connectivity index (χ3n) is 5.68. The lowest BCUT2D eigenvalue weighted by atomic mass is 9.87. The van der Waals surface area contributed by atoms with Gasteiger partial charge in [-0.2, -0.15) is 12.6 Å². The molecule has 0 aliphatic carbocycles. The van der Waals surface area contributed by atoms with Crippen molar-refractivity contribution in [2.75, 3.05) is 13.1 Å². The molecule has 1 amide bonds. The molecule has 0 spiro atoms. The van der Waals surface area contributed by atoms with Crippen LogP contribution >= 0.6 is 12.6 Å². The third-order valence-corrected chi connectivity index (χ3v) is 6.33. The first-order chi connectivity index (χ1) is 13.0. The number of piperazine rings is 1. The highest BCUT2D eigenvalue weighted by Crippen LogP contribution is 2.30. The van der Waals surface area contributed by atoms with Crippen molar-refractivity contribution < 1.29 is 4.79 Å². The maximum absolute atomic E-state index is 13.6. The molecule has 0 bridgehead atoms. The monoisotopic (exact) mass is 385 g/mol. The fraction of sp³-hybridized carbons (Fsp3) is 0.500. The lowest BCUT2D eigenvalue weighted by molar-refractivity contribution is 0.0337. The maximum atomic E-state index is 13.6. The fourth-order valence-corrected chi connectivity index (χ4v) is 4.63. The van der Waals surface area contributed by atoms with Crippen LogP contribution in [0.3, 0.4) is 0 Å². The van der Waals surface area contributed by atoms with Gasteiger partial charge in [-0.25, -0.2) is 0 Å². The molecule has 2 aromatic carbocycles. The predicted octanol–water partition coefficient (Wildman–Crippen LogP) is 3.81. The quantitative estimate of drug-likeness (QED) is 0.663. The number of benzene rings is 2. The number of unbranched alkanes of at least 4 members (excludes halogenated alkanes) is 1. The van der Waals surface area contributed by atoms with Gasteiger partial charge in [0.05, 0.1) is 11.7 Å². The lowest BCUT2D eigenvalue weighted by Gasteiger charge is -2.51. The summed E-state index contributed by atoms with van der Waals surface area (Å²) in [6.07, 6.45) is 3.80. The molecular weight excluding hydrogens is 354 g/mol. The van der Waals surface area contributed by atoms with E-state index >= 15 is 0 Å².